The van der Waals surface area contributed by atoms with Gasteiger partial charge in [-0.25, -0.2) is 0 Å². The molecular weight excluding hydrogens is 224 g/mol. The molecule has 18 heavy (non-hydrogen) atoms. The molecule has 3 aromatic rings. The summed E-state index contributed by atoms with van der Waals surface area (Å²) in [7, 11) is 0. The summed E-state index contributed by atoms with van der Waals surface area (Å²) >= 11 is 0. The van der Waals surface area contributed by atoms with E-state index in [0.29, 0.717) is 11.4 Å². The number of aromatic nitrogens is 1. The van der Waals surface area contributed by atoms with Crippen LogP contribution in [0.4, 0.5) is 5.69 Å². The van der Waals surface area contributed by atoms with Gasteiger partial charge in [0, 0.05) is 6.07 Å². The first-order valence-corrected chi connectivity index (χ1v) is 5.73. The Morgan fingerprint density at radius 2 is 1.67 bits per heavy atom. The maximum absolute atomic E-state index is 11.9. The quantitative estimate of drug-likeness (QED) is 0.521. The fraction of sp³-hybridized carbons (Fsp3) is 0. The summed E-state index contributed by atoms with van der Waals surface area (Å²) in [5.74, 6) is 0. The molecule has 0 fully saturated rings. The number of pyridine rings is 1. The van der Waals surface area contributed by atoms with E-state index in [1.165, 1.54) is 6.20 Å². The average molecular weight is 236 g/mol. The smallest absolute Gasteiger partial charge is 0.247 e. The van der Waals surface area contributed by atoms with Crippen LogP contribution in [0.15, 0.2) is 60.8 Å². The molecule has 0 saturated heterocycles. The predicted octanol–water partition coefficient (Wildman–Crippen LogP) is 2.72. The zero-order chi connectivity index (χ0) is 12.5. The van der Waals surface area contributed by atoms with Crippen LogP contribution in [0.1, 0.15) is 0 Å². The number of nitrogens with zero attached hydrogens (tertiary/aromatic N) is 1. The van der Waals surface area contributed by atoms with Gasteiger partial charge in [-0.2, -0.15) is 4.73 Å². The standard InChI is InChI=1S/C15H12N2O/c16-14-9-4-10-17(18)15(14)13-8-3-6-11-5-1-2-7-12(11)13/h1-10H,16H2. The number of hydrogen-bond donors (Lipinski definition) is 1. The Morgan fingerprint density at radius 1 is 0.889 bits per heavy atom. The molecular formula is C15H12N2O. The van der Waals surface area contributed by atoms with Gasteiger partial charge in [-0.15, -0.1) is 0 Å². The summed E-state index contributed by atoms with van der Waals surface area (Å²) < 4.78 is 0.817. The van der Waals surface area contributed by atoms with Crippen molar-refractivity contribution in [2.45, 2.75) is 0 Å². The minimum Gasteiger partial charge on any atom is -0.618 e. The Bertz CT molecular complexity index is 697. The largest absolute Gasteiger partial charge is 0.618 e. The van der Waals surface area contributed by atoms with Crippen LogP contribution in [0.3, 0.4) is 0 Å². The first kappa shape index (κ1) is 10.6. The molecule has 0 atom stereocenters. The molecule has 0 aliphatic carbocycles. The Balaban J connectivity index is 2.39. The topological polar surface area (TPSA) is 53.0 Å². The number of benzene rings is 2. The van der Waals surface area contributed by atoms with Crippen molar-refractivity contribution < 1.29 is 4.73 Å². The van der Waals surface area contributed by atoms with Crippen molar-refractivity contribution in [3.63, 3.8) is 0 Å². The molecule has 3 rings (SSSR count). The molecule has 88 valence electrons. The second-order valence-electron chi connectivity index (χ2n) is 4.16. The van der Waals surface area contributed by atoms with Gasteiger partial charge < -0.3 is 10.9 Å². The first-order chi connectivity index (χ1) is 8.77. The van der Waals surface area contributed by atoms with Crippen molar-refractivity contribution in [1.29, 1.82) is 0 Å². The molecule has 0 aliphatic rings. The average Bonchev–Trinajstić information content (AvgIpc) is 2.39. The number of rotatable bonds is 1. The lowest BCUT2D eigenvalue weighted by Crippen LogP contribution is -2.29. The molecule has 3 nitrogen and oxygen atoms in total. The first-order valence-electron chi connectivity index (χ1n) is 5.73. The fourth-order valence-corrected chi connectivity index (χ4v) is 2.21. The van der Waals surface area contributed by atoms with Crippen LogP contribution < -0.4 is 10.5 Å². The van der Waals surface area contributed by atoms with E-state index in [1.54, 1.807) is 12.1 Å². The van der Waals surface area contributed by atoms with Crippen molar-refractivity contribution in [2.24, 2.45) is 0 Å². The van der Waals surface area contributed by atoms with Gasteiger partial charge in [-0.1, -0.05) is 36.4 Å². The molecule has 0 bridgehead atoms. The predicted molar refractivity (Wildman–Crippen MR) is 72.8 cm³/mol. The van der Waals surface area contributed by atoms with Crippen molar-refractivity contribution in [1.82, 2.24) is 0 Å². The second kappa shape index (κ2) is 4.04. The SMILES string of the molecule is Nc1ccc[n+]([O-])c1-c1cccc2ccccc12. The van der Waals surface area contributed by atoms with Gasteiger partial charge in [0.1, 0.15) is 5.69 Å². The van der Waals surface area contributed by atoms with E-state index in [-0.39, 0.29) is 0 Å². The van der Waals surface area contributed by atoms with Crippen molar-refractivity contribution in [3.05, 3.63) is 66.0 Å². The lowest BCUT2D eigenvalue weighted by Gasteiger charge is -2.09. The molecule has 0 saturated carbocycles. The minimum absolute atomic E-state index is 0.490. The van der Waals surface area contributed by atoms with Gasteiger partial charge in [0.15, 0.2) is 6.20 Å². The number of nitrogens with two attached hydrogens (primary N) is 1. The summed E-state index contributed by atoms with van der Waals surface area (Å²) in [5, 5.41) is 14.0. The number of hydrogen-bond acceptors (Lipinski definition) is 2. The van der Waals surface area contributed by atoms with Crippen LogP contribution in [0.2, 0.25) is 0 Å². The van der Waals surface area contributed by atoms with E-state index < -0.39 is 0 Å². The van der Waals surface area contributed by atoms with Gasteiger partial charge in [0.25, 0.3) is 0 Å². The lowest BCUT2D eigenvalue weighted by molar-refractivity contribution is -0.592. The Hall–Kier alpha value is -2.55. The molecule has 0 spiro atoms. The second-order valence-corrected chi connectivity index (χ2v) is 4.16. The van der Waals surface area contributed by atoms with Crippen LogP contribution in [0.25, 0.3) is 22.0 Å². The Kier molecular flexibility index (Phi) is 2.38. The van der Waals surface area contributed by atoms with Gasteiger partial charge in [-0.3, -0.25) is 0 Å². The van der Waals surface area contributed by atoms with Gasteiger partial charge in [0.05, 0.1) is 5.56 Å². The maximum Gasteiger partial charge on any atom is 0.247 e. The third-order valence-corrected chi connectivity index (χ3v) is 3.04. The van der Waals surface area contributed by atoms with Crippen LogP contribution in [0.5, 0.6) is 0 Å². The molecule has 0 unspecified atom stereocenters. The summed E-state index contributed by atoms with van der Waals surface area (Å²) in [4.78, 5) is 0. The molecule has 0 amide bonds. The lowest BCUT2D eigenvalue weighted by atomic mass is 10.0. The maximum atomic E-state index is 11.9. The third-order valence-electron chi connectivity index (χ3n) is 3.04. The van der Waals surface area contributed by atoms with Crippen molar-refractivity contribution in [3.8, 4) is 11.3 Å². The van der Waals surface area contributed by atoms with Crippen LogP contribution >= 0.6 is 0 Å². The molecule has 2 aromatic carbocycles. The van der Waals surface area contributed by atoms with Crippen molar-refractivity contribution >= 4 is 16.5 Å². The molecule has 1 heterocycles. The summed E-state index contributed by atoms with van der Waals surface area (Å²) in [6, 6.07) is 17.2. The zero-order valence-electron chi connectivity index (χ0n) is 9.71. The van der Waals surface area contributed by atoms with Crippen LogP contribution in [-0.4, -0.2) is 0 Å². The molecule has 3 heteroatoms. The van der Waals surface area contributed by atoms with E-state index >= 15 is 0 Å². The van der Waals surface area contributed by atoms with E-state index in [1.807, 2.05) is 42.5 Å². The fourth-order valence-electron chi connectivity index (χ4n) is 2.21. The van der Waals surface area contributed by atoms with E-state index in [9.17, 15) is 5.21 Å². The number of fused-ring (bicyclic) bond motifs is 1. The molecule has 1 aromatic heterocycles. The summed E-state index contributed by atoms with van der Waals surface area (Å²) in [6.07, 6.45) is 1.47. The zero-order valence-corrected chi connectivity index (χ0v) is 9.71. The van der Waals surface area contributed by atoms with Crippen LogP contribution in [0, 0.1) is 5.21 Å². The Labute approximate surface area is 105 Å². The highest BCUT2D eigenvalue weighted by Crippen LogP contribution is 2.29. The van der Waals surface area contributed by atoms with Gasteiger partial charge >= 0.3 is 0 Å². The monoisotopic (exact) mass is 236 g/mol. The molecule has 0 aliphatic heterocycles. The number of nitrogen functional groups attached to an aromatic ring is 1. The summed E-state index contributed by atoms with van der Waals surface area (Å²) in [5.41, 5.74) is 7.78. The van der Waals surface area contributed by atoms with Crippen LogP contribution in [-0.2, 0) is 0 Å². The normalized spacial score (nSPS) is 10.7. The number of anilines is 1. The summed E-state index contributed by atoms with van der Waals surface area (Å²) in [6.45, 7) is 0. The van der Waals surface area contributed by atoms with Crippen molar-refractivity contribution in [2.75, 3.05) is 5.73 Å². The minimum atomic E-state index is 0.490. The Morgan fingerprint density at radius 3 is 2.50 bits per heavy atom. The molecule has 2 N–H and O–H groups in total. The van der Waals surface area contributed by atoms with Gasteiger partial charge in [-0.05, 0) is 22.9 Å². The highest BCUT2D eigenvalue weighted by molar-refractivity contribution is 5.97. The van der Waals surface area contributed by atoms with E-state index in [0.717, 1.165) is 21.1 Å². The third kappa shape index (κ3) is 1.57. The van der Waals surface area contributed by atoms with E-state index in [2.05, 4.69) is 0 Å². The highest BCUT2D eigenvalue weighted by atomic mass is 16.5. The highest BCUT2D eigenvalue weighted by Gasteiger charge is 2.15. The van der Waals surface area contributed by atoms with Gasteiger partial charge in [0.2, 0.25) is 5.69 Å². The molecule has 0 radical (unpaired) electrons. The van der Waals surface area contributed by atoms with E-state index in [4.69, 9.17) is 5.73 Å².